The molecule has 0 saturated carbocycles. The second kappa shape index (κ2) is 5.61. The minimum atomic E-state index is -0.328. The smallest absolute Gasteiger partial charge is 0.272 e. The summed E-state index contributed by atoms with van der Waals surface area (Å²) in [6, 6.07) is 9.53. The van der Waals surface area contributed by atoms with Gasteiger partial charge in [0.05, 0.1) is 16.7 Å². The van der Waals surface area contributed by atoms with Crippen LogP contribution in [0.1, 0.15) is 34.8 Å². The zero-order chi connectivity index (χ0) is 14.8. The second-order valence-corrected chi connectivity index (χ2v) is 5.34. The van der Waals surface area contributed by atoms with Crippen LogP contribution in [0, 0.1) is 17.0 Å². The summed E-state index contributed by atoms with van der Waals surface area (Å²) in [6.07, 6.45) is 3.88. The van der Waals surface area contributed by atoms with Gasteiger partial charge in [0.2, 0.25) is 0 Å². The Morgan fingerprint density at radius 1 is 1.38 bits per heavy atom. The largest absolute Gasteiger partial charge is 0.304 e. The Balaban J connectivity index is 1.75. The zero-order valence-corrected chi connectivity index (χ0v) is 11.9. The third-order valence-electron chi connectivity index (χ3n) is 4.11. The van der Waals surface area contributed by atoms with Crippen molar-refractivity contribution in [3.8, 4) is 0 Å². The van der Waals surface area contributed by atoms with E-state index in [1.54, 1.807) is 19.1 Å². The molecule has 2 aromatic rings. The van der Waals surface area contributed by atoms with Crippen molar-refractivity contribution in [1.82, 2.24) is 10.3 Å². The molecule has 1 N–H and O–H groups in total. The zero-order valence-electron chi connectivity index (χ0n) is 11.9. The van der Waals surface area contributed by atoms with Crippen molar-refractivity contribution in [2.75, 3.05) is 0 Å². The fourth-order valence-corrected chi connectivity index (χ4v) is 2.90. The van der Waals surface area contributed by atoms with Gasteiger partial charge in [-0.1, -0.05) is 18.2 Å². The van der Waals surface area contributed by atoms with Crippen LogP contribution >= 0.6 is 0 Å². The molecule has 1 unspecified atom stereocenters. The summed E-state index contributed by atoms with van der Waals surface area (Å²) in [5, 5.41) is 14.4. The van der Waals surface area contributed by atoms with E-state index in [1.165, 1.54) is 5.56 Å². The summed E-state index contributed by atoms with van der Waals surface area (Å²) >= 11 is 0. The molecule has 0 fully saturated rings. The highest BCUT2D eigenvalue weighted by Crippen LogP contribution is 2.29. The Morgan fingerprint density at radius 2 is 2.24 bits per heavy atom. The number of fused-ring (bicyclic) bond motifs is 1. The molecule has 1 heterocycles. The van der Waals surface area contributed by atoms with Crippen molar-refractivity contribution >= 4 is 5.69 Å². The van der Waals surface area contributed by atoms with Crippen LogP contribution in [0.2, 0.25) is 0 Å². The normalized spacial score (nSPS) is 16.7. The Kier molecular flexibility index (Phi) is 3.66. The molecule has 0 radical (unpaired) electrons. The van der Waals surface area contributed by atoms with Crippen LogP contribution in [-0.2, 0) is 13.0 Å². The number of pyridine rings is 1. The molecule has 0 saturated heterocycles. The van der Waals surface area contributed by atoms with Crippen LogP contribution in [0.4, 0.5) is 5.69 Å². The molecule has 5 heteroatoms. The van der Waals surface area contributed by atoms with Crippen LogP contribution in [-0.4, -0.2) is 9.91 Å². The lowest BCUT2D eigenvalue weighted by molar-refractivity contribution is -0.385. The Bertz CT molecular complexity index is 685. The fourth-order valence-electron chi connectivity index (χ4n) is 2.90. The first-order valence-corrected chi connectivity index (χ1v) is 7.07. The Labute approximate surface area is 123 Å². The first-order valence-electron chi connectivity index (χ1n) is 7.07. The topological polar surface area (TPSA) is 68.1 Å². The number of nitro groups is 1. The highest BCUT2D eigenvalue weighted by Gasteiger charge is 2.23. The van der Waals surface area contributed by atoms with Crippen molar-refractivity contribution in [3.63, 3.8) is 0 Å². The lowest BCUT2D eigenvalue weighted by atomic mass is 10.1. The summed E-state index contributed by atoms with van der Waals surface area (Å²) < 4.78 is 0. The molecule has 1 aliphatic carbocycles. The van der Waals surface area contributed by atoms with E-state index in [-0.39, 0.29) is 16.7 Å². The van der Waals surface area contributed by atoms with Gasteiger partial charge in [0.25, 0.3) is 5.69 Å². The number of aromatic nitrogens is 1. The van der Waals surface area contributed by atoms with Gasteiger partial charge in [0, 0.05) is 24.4 Å². The van der Waals surface area contributed by atoms with Gasteiger partial charge in [-0.05, 0) is 37.0 Å². The van der Waals surface area contributed by atoms with Crippen LogP contribution in [0.15, 0.2) is 36.5 Å². The van der Waals surface area contributed by atoms with E-state index in [2.05, 4.69) is 16.4 Å². The molecule has 0 spiro atoms. The maximum Gasteiger partial charge on any atom is 0.272 e. The number of nitrogens with zero attached hydrogens (tertiary/aromatic N) is 2. The second-order valence-electron chi connectivity index (χ2n) is 5.34. The van der Waals surface area contributed by atoms with Crippen LogP contribution in [0.3, 0.4) is 0 Å². The van der Waals surface area contributed by atoms with Gasteiger partial charge in [-0.25, -0.2) is 0 Å². The highest BCUT2D eigenvalue weighted by atomic mass is 16.6. The van der Waals surface area contributed by atoms with Gasteiger partial charge < -0.3 is 5.32 Å². The molecule has 0 aliphatic heterocycles. The monoisotopic (exact) mass is 283 g/mol. The predicted octanol–water partition coefficient (Wildman–Crippen LogP) is 3.08. The molecular formula is C16H17N3O2. The number of nitrogens with one attached hydrogen (secondary N) is 1. The fraction of sp³-hybridized carbons (Fsp3) is 0.312. The van der Waals surface area contributed by atoms with Gasteiger partial charge in [-0.15, -0.1) is 0 Å². The Morgan fingerprint density at radius 3 is 3.05 bits per heavy atom. The number of aryl methyl sites for hydroxylation is 1. The third-order valence-corrected chi connectivity index (χ3v) is 4.11. The van der Waals surface area contributed by atoms with Crippen molar-refractivity contribution in [3.05, 3.63) is 69.0 Å². The SMILES string of the molecule is Cc1c(CNC2CCc3cccnc32)cccc1[N+](=O)[O-]. The van der Waals surface area contributed by atoms with Crippen LogP contribution in [0.25, 0.3) is 0 Å². The summed E-state index contributed by atoms with van der Waals surface area (Å²) in [5.41, 5.74) is 4.29. The lowest BCUT2D eigenvalue weighted by Crippen LogP contribution is -2.20. The molecule has 3 rings (SSSR count). The van der Waals surface area contributed by atoms with Gasteiger partial charge >= 0.3 is 0 Å². The lowest BCUT2D eigenvalue weighted by Gasteiger charge is -2.14. The van der Waals surface area contributed by atoms with E-state index in [1.807, 2.05) is 18.3 Å². The number of benzene rings is 1. The van der Waals surface area contributed by atoms with E-state index < -0.39 is 0 Å². The number of nitro benzene ring substituents is 1. The van der Waals surface area contributed by atoms with Crippen molar-refractivity contribution in [1.29, 1.82) is 0 Å². The molecule has 0 bridgehead atoms. The van der Waals surface area contributed by atoms with Crippen molar-refractivity contribution in [2.24, 2.45) is 0 Å². The van der Waals surface area contributed by atoms with E-state index in [9.17, 15) is 10.1 Å². The van der Waals surface area contributed by atoms with Gasteiger partial charge in [-0.3, -0.25) is 15.1 Å². The first-order chi connectivity index (χ1) is 10.2. The van der Waals surface area contributed by atoms with Gasteiger partial charge in [-0.2, -0.15) is 0 Å². The molecule has 1 aromatic carbocycles. The first kappa shape index (κ1) is 13.7. The summed E-state index contributed by atoms with van der Waals surface area (Å²) in [6.45, 7) is 2.42. The number of rotatable bonds is 4. The standard InChI is InChI=1S/C16H17N3O2/c1-11-13(4-2-6-15(11)19(20)21)10-18-14-8-7-12-5-3-9-17-16(12)14/h2-6,9,14,18H,7-8,10H2,1H3. The maximum atomic E-state index is 11.0. The molecule has 108 valence electrons. The third kappa shape index (κ3) is 2.64. The van der Waals surface area contributed by atoms with Gasteiger partial charge in [0.15, 0.2) is 0 Å². The number of hydrogen-bond acceptors (Lipinski definition) is 4. The molecule has 1 aliphatic rings. The molecule has 1 atom stereocenters. The van der Waals surface area contributed by atoms with Crippen LogP contribution in [0.5, 0.6) is 0 Å². The average Bonchev–Trinajstić information content (AvgIpc) is 2.89. The molecule has 0 amide bonds. The van der Waals surface area contributed by atoms with Crippen LogP contribution < -0.4 is 5.32 Å². The summed E-state index contributed by atoms with van der Waals surface area (Å²) in [5.74, 6) is 0. The van der Waals surface area contributed by atoms with E-state index >= 15 is 0 Å². The predicted molar refractivity (Wildman–Crippen MR) is 80.0 cm³/mol. The molecular weight excluding hydrogens is 266 g/mol. The van der Waals surface area contributed by atoms with E-state index in [0.717, 1.165) is 29.7 Å². The maximum absolute atomic E-state index is 11.0. The quantitative estimate of drug-likeness (QED) is 0.691. The minimum absolute atomic E-state index is 0.180. The van der Waals surface area contributed by atoms with Gasteiger partial charge in [0.1, 0.15) is 0 Å². The summed E-state index contributed by atoms with van der Waals surface area (Å²) in [7, 11) is 0. The minimum Gasteiger partial charge on any atom is -0.304 e. The Hall–Kier alpha value is -2.27. The van der Waals surface area contributed by atoms with E-state index in [0.29, 0.717) is 6.54 Å². The van der Waals surface area contributed by atoms with Crippen molar-refractivity contribution < 1.29 is 4.92 Å². The molecule has 21 heavy (non-hydrogen) atoms. The van der Waals surface area contributed by atoms with Crippen molar-refractivity contribution in [2.45, 2.75) is 32.4 Å². The van der Waals surface area contributed by atoms with E-state index in [4.69, 9.17) is 0 Å². The summed E-state index contributed by atoms with van der Waals surface area (Å²) in [4.78, 5) is 15.1. The number of hydrogen-bond donors (Lipinski definition) is 1. The molecule has 1 aromatic heterocycles. The average molecular weight is 283 g/mol. The molecule has 5 nitrogen and oxygen atoms in total. The highest BCUT2D eigenvalue weighted by molar-refractivity contribution is 5.44.